The zero-order valence-corrected chi connectivity index (χ0v) is 26.8. The molecule has 2 aromatic carbocycles. The number of carbonyl (C=O) groups excluding carboxylic acids is 6. The summed E-state index contributed by atoms with van der Waals surface area (Å²) in [4.78, 5) is 87.2. The lowest BCUT2D eigenvalue weighted by Gasteiger charge is -2.23. The molecular weight excluding hydrogens is 648 g/mol. The molecule has 260 valence electrons. The van der Waals surface area contributed by atoms with Crippen molar-refractivity contribution in [1.29, 1.82) is 0 Å². The van der Waals surface area contributed by atoms with Crippen LogP contribution in [0.25, 0.3) is 10.8 Å². The van der Waals surface area contributed by atoms with Gasteiger partial charge in [-0.25, -0.2) is 0 Å². The predicted octanol–water partition coefficient (Wildman–Crippen LogP) is 0.264. The maximum atomic E-state index is 13.1. The standard InChI is InChI=1S/C34H36N8O8/c35-23(19-43)31(47)41(33(49)27-9-1-3-15-37-27)17-13-29(45)39-25-11-5-8-22-21(25)7-6-12-26(22)40-30(46)14-18-42(32(48)24(36)20-44)34(50)28-10-2-4-16-38-28/h1-12,15-16,23-24,43-44H,13-14,17-20,35-36H2,(H,39,45)(H,40,46)/t23-,24-/m0/s1. The van der Waals surface area contributed by atoms with Gasteiger partial charge in [0.1, 0.15) is 23.5 Å². The van der Waals surface area contributed by atoms with Gasteiger partial charge in [0.15, 0.2) is 0 Å². The number of amides is 6. The maximum Gasteiger partial charge on any atom is 0.279 e. The Bertz CT molecular complexity index is 1720. The molecule has 6 amide bonds. The molecule has 0 aliphatic rings. The van der Waals surface area contributed by atoms with E-state index in [1.807, 2.05) is 0 Å². The molecule has 16 nitrogen and oxygen atoms in total. The SMILES string of the molecule is N[C@@H](CO)C(=O)N(CCC(=O)Nc1cccc2c(NC(=O)CCN(C(=O)c3ccccn3)C(=O)[C@@H](N)CO)cccc12)C(=O)c1ccccn1. The van der Waals surface area contributed by atoms with Crippen molar-refractivity contribution in [3.63, 3.8) is 0 Å². The van der Waals surface area contributed by atoms with E-state index in [1.165, 1.54) is 24.5 Å². The highest BCUT2D eigenvalue weighted by molar-refractivity contribution is 6.10. The molecule has 2 heterocycles. The van der Waals surface area contributed by atoms with Crippen molar-refractivity contribution in [2.24, 2.45) is 11.5 Å². The average Bonchev–Trinajstić information content (AvgIpc) is 3.14. The third-order valence-corrected chi connectivity index (χ3v) is 7.41. The van der Waals surface area contributed by atoms with Crippen molar-refractivity contribution in [3.8, 4) is 0 Å². The van der Waals surface area contributed by atoms with Crippen LogP contribution in [0.1, 0.15) is 33.8 Å². The van der Waals surface area contributed by atoms with Crippen molar-refractivity contribution < 1.29 is 39.0 Å². The van der Waals surface area contributed by atoms with Crippen LogP contribution in [0.2, 0.25) is 0 Å². The van der Waals surface area contributed by atoms with Crippen LogP contribution in [0.15, 0.2) is 85.2 Å². The highest BCUT2D eigenvalue weighted by atomic mass is 16.3. The van der Waals surface area contributed by atoms with E-state index in [0.29, 0.717) is 22.1 Å². The molecule has 0 aliphatic carbocycles. The van der Waals surface area contributed by atoms with Gasteiger partial charge in [-0.3, -0.25) is 48.5 Å². The first-order valence-electron chi connectivity index (χ1n) is 15.4. The molecule has 0 saturated heterocycles. The number of nitrogens with zero attached hydrogens (tertiary/aromatic N) is 4. The summed E-state index contributed by atoms with van der Waals surface area (Å²) in [5.41, 5.74) is 12.0. The van der Waals surface area contributed by atoms with E-state index in [-0.39, 0.29) is 37.3 Å². The van der Waals surface area contributed by atoms with Crippen LogP contribution >= 0.6 is 0 Å². The molecule has 2 atom stereocenters. The minimum absolute atomic E-state index is 0.0390. The molecule has 50 heavy (non-hydrogen) atoms. The zero-order valence-electron chi connectivity index (χ0n) is 26.8. The van der Waals surface area contributed by atoms with Gasteiger partial charge in [-0.05, 0) is 36.4 Å². The topological polar surface area (TPSA) is 251 Å². The number of hydrogen-bond acceptors (Lipinski definition) is 12. The largest absolute Gasteiger partial charge is 0.394 e. The summed E-state index contributed by atoms with van der Waals surface area (Å²) in [6.45, 7) is -2.09. The fraction of sp³-hybridized carbons (Fsp3) is 0.235. The van der Waals surface area contributed by atoms with Crippen molar-refractivity contribution in [3.05, 3.63) is 96.6 Å². The third kappa shape index (κ3) is 9.14. The van der Waals surface area contributed by atoms with Crippen molar-refractivity contribution >= 4 is 57.6 Å². The zero-order chi connectivity index (χ0) is 36.2. The van der Waals surface area contributed by atoms with Crippen LogP contribution in [0.3, 0.4) is 0 Å². The molecule has 0 unspecified atom stereocenters. The lowest BCUT2D eigenvalue weighted by molar-refractivity contribution is -0.132. The minimum atomic E-state index is -1.37. The van der Waals surface area contributed by atoms with Gasteiger partial charge in [0.2, 0.25) is 23.6 Å². The second-order valence-electron chi connectivity index (χ2n) is 10.9. The van der Waals surface area contributed by atoms with Crippen molar-refractivity contribution in [2.45, 2.75) is 24.9 Å². The molecule has 0 fully saturated rings. The number of aliphatic hydroxyl groups excluding tert-OH is 2. The number of rotatable bonds is 14. The molecule has 2 aromatic heterocycles. The summed E-state index contributed by atoms with van der Waals surface area (Å²) in [6.07, 6.45) is 2.14. The Labute approximate surface area is 286 Å². The van der Waals surface area contributed by atoms with Gasteiger partial charge >= 0.3 is 0 Å². The van der Waals surface area contributed by atoms with Crippen LogP contribution in [-0.2, 0) is 19.2 Å². The molecule has 0 bridgehead atoms. The minimum Gasteiger partial charge on any atom is -0.394 e. The summed E-state index contributed by atoms with van der Waals surface area (Å²) < 4.78 is 0. The number of aliphatic hydroxyl groups is 2. The lowest BCUT2D eigenvalue weighted by Crippen LogP contribution is -2.49. The Balaban J connectivity index is 1.45. The quantitative estimate of drug-likeness (QED) is 0.105. The Kier molecular flexibility index (Phi) is 12.9. The molecule has 16 heteroatoms. The molecular formula is C34H36N8O8. The number of imide groups is 2. The van der Waals surface area contributed by atoms with Gasteiger partial charge in [0.25, 0.3) is 11.8 Å². The van der Waals surface area contributed by atoms with E-state index < -0.39 is 60.7 Å². The molecule has 0 saturated carbocycles. The summed E-state index contributed by atoms with van der Waals surface area (Å²) in [5.74, 6) is -4.37. The number of nitrogens with one attached hydrogen (secondary N) is 2. The lowest BCUT2D eigenvalue weighted by atomic mass is 10.1. The summed E-state index contributed by atoms with van der Waals surface area (Å²) in [6, 6.07) is 16.4. The Hall–Kier alpha value is -5.94. The van der Waals surface area contributed by atoms with E-state index in [2.05, 4.69) is 20.6 Å². The maximum absolute atomic E-state index is 13.1. The summed E-state index contributed by atoms with van der Waals surface area (Å²) >= 11 is 0. The molecule has 0 radical (unpaired) electrons. The van der Waals surface area contributed by atoms with E-state index in [1.54, 1.807) is 60.7 Å². The first kappa shape index (κ1) is 36.9. The molecule has 4 rings (SSSR count). The molecule has 0 aliphatic heterocycles. The van der Waals surface area contributed by atoms with E-state index in [0.717, 1.165) is 9.80 Å². The fourth-order valence-corrected chi connectivity index (χ4v) is 4.82. The van der Waals surface area contributed by atoms with Gasteiger partial charge in [-0.1, -0.05) is 36.4 Å². The highest BCUT2D eigenvalue weighted by Crippen LogP contribution is 2.29. The monoisotopic (exact) mass is 684 g/mol. The number of nitrogens with two attached hydrogens (primary N) is 2. The first-order chi connectivity index (χ1) is 24.0. The van der Waals surface area contributed by atoms with Gasteiger partial charge in [0.05, 0.1) is 13.2 Å². The fourth-order valence-electron chi connectivity index (χ4n) is 4.82. The Morgan fingerprint density at radius 3 is 1.34 bits per heavy atom. The van der Waals surface area contributed by atoms with Crippen LogP contribution in [0, 0.1) is 0 Å². The number of carbonyl (C=O) groups is 6. The summed E-state index contributed by atoms with van der Waals surface area (Å²) in [7, 11) is 0. The molecule has 0 spiro atoms. The smallest absolute Gasteiger partial charge is 0.279 e. The normalized spacial score (nSPS) is 12.0. The number of fused-ring (bicyclic) bond motifs is 1. The van der Waals surface area contributed by atoms with E-state index >= 15 is 0 Å². The van der Waals surface area contributed by atoms with Gasteiger partial charge in [-0.2, -0.15) is 0 Å². The van der Waals surface area contributed by atoms with Crippen molar-refractivity contribution in [1.82, 2.24) is 19.8 Å². The third-order valence-electron chi connectivity index (χ3n) is 7.41. The summed E-state index contributed by atoms with van der Waals surface area (Å²) in [5, 5.41) is 25.4. The Morgan fingerprint density at radius 1 is 0.600 bits per heavy atom. The number of pyridine rings is 2. The van der Waals surface area contributed by atoms with Crippen LogP contribution < -0.4 is 22.1 Å². The van der Waals surface area contributed by atoms with Gasteiger partial charge < -0.3 is 32.3 Å². The first-order valence-corrected chi connectivity index (χ1v) is 15.4. The van der Waals surface area contributed by atoms with Crippen molar-refractivity contribution in [2.75, 3.05) is 36.9 Å². The van der Waals surface area contributed by atoms with E-state index in [9.17, 15) is 39.0 Å². The number of aromatic nitrogens is 2. The highest BCUT2D eigenvalue weighted by Gasteiger charge is 2.29. The van der Waals surface area contributed by atoms with Crippen LogP contribution in [-0.4, -0.2) is 104 Å². The number of benzene rings is 2. The second-order valence-corrected chi connectivity index (χ2v) is 10.9. The molecule has 4 aromatic rings. The van der Waals surface area contributed by atoms with Crippen LogP contribution in [0.5, 0.6) is 0 Å². The predicted molar refractivity (Wildman–Crippen MR) is 181 cm³/mol. The average molecular weight is 685 g/mol. The van der Waals surface area contributed by atoms with Gasteiger partial charge in [-0.15, -0.1) is 0 Å². The number of anilines is 2. The van der Waals surface area contributed by atoms with Crippen LogP contribution in [0.4, 0.5) is 11.4 Å². The Morgan fingerprint density at radius 2 is 1.00 bits per heavy atom. The second kappa shape index (κ2) is 17.5. The number of hydrogen-bond donors (Lipinski definition) is 6. The van der Waals surface area contributed by atoms with E-state index in [4.69, 9.17) is 11.5 Å². The molecule has 8 N–H and O–H groups in total. The van der Waals surface area contributed by atoms with Gasteiger partial charge in [0, 0.05) is 60.5 Å².